The van der Waals surface area contributed by atoms with Crippen molar-refractivity contribution in [2.45, 2.75) is 328 Å². The number of nitrogens with one attached hydrogen (secondary N) is 1. The van der Waals surface area contributed by atoms with Crippen molar-refractivity contribution in [3.63, 3.8) is 0 Å². The fraction of sp³-hybridized carbons (Fsp3) is 0.934. The van der Waals surface area contributed by atoms with E-state index in [2.05, 4.69) is 26.1 Å². The standard InChI is InChI=1S/C61H121N2O7P/c1-7-10-13-16-19-22-25-27-28-29-30-31-32-33-34-36-39-42-45-48-51-54-61(65)70-59(52-49-46-43-40-38-35-26-23-20-17-14-11-8-2)58(57-69-71(66,67)68-56-55-63(4,5)6)62-60(64)53-50-47-44-41-37-24-21-18-15-12-9-3/h49,52,58-59H,7-48,50-51,53-57H2,1-6H3,(H-,62,64,66,67)/b52-49-. The number of rotatable bonds is 57. The highest BCUT2D eigenvalue weighted by molar-refractivity contribution is 7.45. The molecule has 0 aromatic heterocycles. The first-order valence-electron chi connectivity index (χ1n) is 31.0. The van der Waals surface area contributed by atoms with E-state index >= 15 is 0 Å². The lowest BCUT2D eigenvalue weighted by molar-refractivity contribution is -0.870. The molecule has 0 radical (unpaired) electrons. The first kappa shape index (κ1) is 69.8. The Hall–Kier alpha value is -1.25. The predicted octanol–water partition coefficient (Wildman–Crippen LogP) is 18.2. The van der Waals surface area contributed by atoms with Crippen LogP contribution in [0.15, 0.2) is 12.2 Å². The number of carbonyl (C=O) groups is 2. The Morgan fingerprint density at radius 1 is 0.479 bits per heavy atom. The molecule has 0 rings (SSSR count). The SMILES string of the molecule is CCCCCCCCCCCCC/C=C\C(OC(=O)CCCCCCCCCCCCCCCCCCCCCCC)C(COP(=O)([O-])OCC[N+](C)(C)C)NC(=O)CCCCCCCCCCCCC. The molecule has 0 spiro atoms. The van der Waals surface area contributed by atoms with Gasteiger partial charge in [0.25, 0.3) is 7.82 Å². The number of allylic oxidation sites excluding steroid dienone is 1. The van der Waals surface area contributed by atoms with E-state index in [4.69, 9.17) is 13.8 Å². The van der Waals surface area contributed by atoms with Crippen LogP contribution in [0.2, 0.25) is 0 Å². The summed E-state index contributed by atoms with van der Waals surface area (Å²) in [7, 11) is 1.21. The molecule has 0 saturated carbocycles. The van der Waals surface area contributed by atoms with E-state index in [0.717, 1.165) is 57.8 Å². The molecule has 0 heterocycles. The summed E-state index contributed by atoms with van der Waals surface area (Å²) in [6, 6.07) is -0.878. The average Bonchev–Trinajstić information content (AvgIpc) is 3.33. The van der Waals surface area contributed by atoms with Gasteiger partial charge in [0.05, 0.1) is 33.8 Å². The van der Waals surface area contributed by atoms with Crippen LogP contribution in [0.1, 0.15) is 316 Å². The summed E-state index contributed by atoms with van der Waals surface area (Å²) in [5.74, 6) is -0.522. The molecule has 0 aliphatic heterocycles. The molecule has 71 heavy (non-hydrogen) atoms. The largest absolute Gasteiger partial charge is 0.756 e. The zero-order valence-electron chi connectivity index (χ0n) is 48.2. The molecule has 0 aromatic rings. The van der Waals surface area contributed by atoms with Crippen LogP contribution in [0.3, 0.4) is 0 Å². The van der Waals surface area contributed by atoms with E-state index in [1.165, 1.54) is 225 Å². The van der Waals surface area contributed by atoms with Crippen LogP contribution in [0.4, 0.5) is 0 Å². The maximum absolute atomic E-state index is 13.5. The lowest BCUT2D eigenvalue weighted by Crippen LogP contribution is -2.47. The molecule has 10 heteroatoms. The summed E-state index contributed by atoms with van der Waals surface area (Å²) in [4.78, 5) is 39.9. The monoisotopic (exact) mass is 1020 g/mol. The Bertz CT molecular complexity index is 1230. The first-order chi connectivity index (χ1) is 34.4. The van der Waals surface area contributed by atoms with Crippen molar-refractivity contribution < 1.29 is 37.3 Å². The van der Waals surface area contributed by atoms with Crippen molar-refractivity contribution in [1.82, 2.24) is 5.32 Å². The third kappa shape index (κ3) is 53.4. The molecule has 0 saturated heterocycles. The molecule has 0 aliphatic rings. The second-order valence-corrected chi connectivity index (χ2v) is 24.0. The van der Waals surface area contributed by atoms with Crippen LogP contribution in [0.25, 0.3) is 0 Å². The molecule has 1 amide bonds. The molecule has 0 aliphatic carbocycles. The third-order valence-corrected chi connectivity index (χ3v) is 15.2. The van der Waals surface area contributed by atoms with E-state index in [-0.39, 0.29) is 31.5 Å². The van der Waals surface area contributed by atoms with Gasteiger partial charge in [-0.05, 0) is 31.8 Å². The summed E-state index contributed by atoms with van der Waals surface area (Å²) >= 11 is 0. The third-order valence-electron chi connectivity index (χ3n) is 14.2. The van der Waals surface area contributed by atoms with Gasteiger partial charge in [0, 0.05) is 12.8 Å². The second kappa shape index (κ2) is 52.2. The van der Waals surface area contributed by atoms with Gasteiger partial charge in [-0.2, -0.15) is 0 Å². The highest BCUT2D eigenvalue weighted by Gasteiger charge is 2.27. The minimum absolute atomic E-state index is 0.0169. The van der Waals surface area contributed by atoms with Crippen molar-refractivity contribution in [1.29, 1.82) is 0 Å². The predicted molar refractivity (Wildman–Crippen MR) is 303 cm³/mol. The van der Waals surface area contributed by atoms with E-state index in [0.29, 0.717) is 17.4 Å². The molecule has 422 valence electrons. The van der Waals surface area contributed by atoms with Crippen molar-refractivity contribution >= 4 is 19.7 Å². The summed E-state index contributed by atoms with van der Waals surface area (Å²) < 4.78 is 30.3. The molecule has 0 fully saturated rings. The number of hydrogen-bond acceptors (Lipinski definition) is 7. The molecule has 1 N–H and O–H groups in total. The fourth-order valence-electron chi connectivity index (χ4n) is 9.41. The Kier molecular flexibility index (Phi) is 51.3. The zero-order valence-corrected chi connectivity index (χ0v) is 49.1. The quantitative estimate of drug-likeness (QED) is 0.0212. The summed E-state index contributed by atoms with van der Waals surface area (Å²) in [6.45, 7) is 6.88. The van der Waals surface area contributed by atoms with Gasteiger partial charge in [-0.3, -0.25) is 14.2 Å². The highest BCUT2D eigenvalue weighted by atomic mass is 31.2. The summed E-state index contributed by atoms with van der Waals surface area (Å²) in [5, 5.41) is 3.03. The van der Waals surface area contributed by atoms with Crippen LogP contribution in [0.5, 0.6) is 0 Å². The number of ether oxygens (including phenoxy) is 1. The van der Waals surface area contributed by atoms with Crippen molar-refractivity contribution in [2.75, 3.05) is 40.9 Å². The van der Waals surface area contributed by atoms with Crippen LogP contribution in [-0.4, -0.2) is 69.4 Å². The van der Waals surface area contributed by atoms with Crippen LogP contribution in [-0.2, 0) is 27.9 Å². The maximum Gasteiger partial charge on any atom is 0.306 e. The lowest BCUT2D eigenvalue weighted by Gasteiger charge is -2.30. The van der Waals surface area contributed by atoms with Crippen molar-refractivity contribution in [2.24, 2.45) is 0 Å². The highest BCUT2D eigenvalue weighted by Crippen LogP contribution is 2.38. The molecule has 3 unspecified atom stereocenters. The Morgan fingerprint density at radius 2 is 0.803 bits per heavy atom. The Morgan fingerprint density at radius 3 is 1.15 bits per heavy atom. The number of unbranched alkanes of at least 4 members (excludes halogenated alkanes) is 41. The van der Waals surface area contributed by atoms with Gasteiger partial charge in [0.1, 0.15) is 19.3 Å². The summed E-state index contributed by atoms with van der Waals surface area (Å²) in [5.41, 5.74) is 0. The van der Waals surface area contributed by atoms with Crippen LogP contribution < -0.4 is 10.2 Å². The average molecular weight is 1030 g/mol. The number of phosphoric acid groups is 1. The van der Waals surface area contributed by atoms with E-state index in [1.807, 2.05) is 33.3 Å². The minimum Gasteiger partial charge on any atom is -0.756 e. The molecule has 0 aromatic carbocycles. The number of quaternary nitrogens is 1. The van der Waals surface area contributed by atoms with Gasteiger partial charge in [0.15, 0.2) is 0 Å². The van der Waals surface area contributed by atoms with E-state index < -0.39 is 20.0 Å². The number of carbonyl (C=O) groups excluding carboxylic acids is 2. The minimum atomic E-state index is -4.69. The second-order valence-electron chi connectivity index (χ2n) is 22.6. The molecule has 3 atom stereocenters. The van der Waals surface area contributed by atoms with Gasteiger partial charge < -0.3 is 28.5 Å². The molecule has 0 bridgehead atoms. The molecular formula is C61H121N2O7P. The molecule has 9 nitrogen and oxygen atoms in total. The van der Waals surface area contributed by atoms with Gasteiger partial charge in [-0.25, -0.2) is 0 Å². The number of hydrogen-bond donors (Lipinski definition) is 1. The van der Waals surface area contributed by atoms with E-state index in [1.54, 1.807) is 0 Å². The number of phosphoric ester groups is 1. The first-order valence-corrected chi connectivity index (χ1v) is 32.5. The number of nitrogens with zero attached hydrogens (tertiary/aromatic N) is 1. The van der Waals surface area contributed by atoms with Gasteiger partial charge in [0.2, 0.25) is 5.91 Å². The zero-order chi connectivity index (χ0) is 52.2. The van der Waals surface area contributed by atoms with Crippen LogP contribution in [0, 0.1) is 0 Å². The van der Waals surface area contributed by atoms with Gasteiger partial charge in [-0.1, -0.05) is 284 Å². The number of likely N-dealkylation sites (N-methyl/N-ethyl adjacent to an activating group) is 1. The van der Waals surface area contributed by atoms with Crippen molar-refractivity contribution in [3.8, 4) is 0 Å². The topological polar surface area (TPSA) is 114 Å². The maximum atomic E-state index is 13.5. The summed E-state index contributed by atoms with van der Waals surface area (Å²) in [6.07, 6.45) is 58.9. The number of esters is 1. The Labute approximate surface area is 441 Å². The van der Waals surface area contributed by atoms with Gasteiger partial charge in [-0.15, -0.1) is 0 Å². The van der Waals surface area contributed by atoms with Gasteiger partial charge >= 0.3 is 5.97 Å². The van der Waals surface area contributed by atoms with E-state index in [9.17, 15) is 19.0 Å². The fourth-order valence-corrected chi connectivity index (χ4v) is 10.1. The lowest BCUT2D eigenvalue weighted by atomic mass is 10.0. The normalized spacial score (nSPS) is 13.7. The molecular weight excluding hydrogens is 904 g/mol. The Balaban J connectivity index is 5.15. The number of amides is 1. The van der Waals surface area contributed by atoms with Crippen LogP contribution >= 0.6 is 7.82 Å². The van der Waals surface area contributed by atoms with Crippen molar-refractivity contribution in [3.05, 3.63) is 12.2 Å². The smallest absolute Gasteiger partial charge is 0.306 e.